The third kappa shape index (κ3) is 4.24. The van der Waals surface area contributed by atoms with Crippen molar-refractivity contribution in [3.8, 4) is 11.1 Å². The van der Waals surface area contributed by atoms with E-state index in [1.807, 2.05) is 0 Å². The summed E-state index contributed by atoms with van der Waals surface area (Å²) < 4.78 is 2.14. The van der Waals surface area contributed by atoms with Crippen LogP contribution in [-0.4, -0.2) is 0 Å². The van der Waals surface area contributed by atoms with Crippen molar-refractivity contribution >= 4 is 70.5 Å². The van der Waals surface area contributed by atoms with Gasteiger partial charge in [0, 0.05) is 31.1 Å². The van der Waals surface area contributed by atoms with E-state index in [-0.39, 0.29) is 0 Å². The summed E-state index contributed by atoms with van der Waals surface area (Å²) in [6, 6.07) is 42.6. The monoisotopic (exact) mass is 657 g/mol. The maximum absolute atomic E-state index is 3.64. The smallest absolute Gasteiger partial charge is 0.0618 e. The first-order valence-corrected chi connectivity index (χ1v) is 16.1. The minimum absolute atomic E-state index is 0.719. The number of anilines is 3. The fourth-order valence-corrected chi connectivity index (χ4v) is 7.94. The second kappa shape index (κ2) is 10.2. The van der Waals surface area contributed by atoms with Crippen LogP contribution in [0.15, 0.2) is 124 Å². The van der Waals surface area contributed by atoms with Gasteiger partial charge in [0.15, 0.2) is 0 Å². The lowest BCUT2D eigenvalue weighted by molar-refractivity contribution is 0.359. The van der Waals surface area contributed by atoms with Gasteiger partial charge in [-0.15, -0.1) is 0 Å². The number of hydrogen-bond donors (Lipinski definition) is 0. The quantitative estimate of drug-likeness (QED) is 0.170. The molecule has 1 fully saturated rings. The third-order valence-corrected chi connectivity index (χ3v) is 10.3. The van der Waals surface area contributed by atoms with Crippen molar-refractivity contribution in [2.24, 2.45) is 0 Å². The van der Waals surface area contributed by atoms with Crippen molar-refractivity contribution in [3.63, 3.8) is 0 Å². The predicted octanol–water partition coefficient (Wildman–Crippen LogP) is 12.4. The number of halogens is 2. The first-order chi connectivity index (χ1) is 20.2. The molecule has 9 rings (SSSR count). The zero-order chi connectivity index (χ0) is 27.5. The molecule has 3 aliphatic rings. The molecule has 41 heavy (non-hydrogen) atoms. The van der Waals surface area contributed by atoms with Crippen molar-refractivity contribution in [2.75, 3.05) is 4.90 Å². The molecule has 0 spiro atoms. The van der Waals surface area contributed by atoms with E-state index in [4.69, 9.17) is 0 Å². The van der Waals surface area contributed by atoms with Gasteiger partial charge in [-0.2, -0.15) is 0 Å². The van der Waals surface area contributed by atoms with Crippen LogP contribution in [0.25, 0.3) is 32.7 Å². The van der Waals surface area contributed by atoms with Crippen LogP contribution in [0, 0.1) is 0 Å². The Labute approximate surface area is 258 Å². The minimum atomic E-state index is 0.719. The SMILES string of the molecule is Brc1ccc(N(c2ccc(Br)cc2)c2c3ccccc3c(-c3ccc4c(c3)C3CCC4CC3)c3ccccc23)cc1. The van der Waals surface area contributed by atoms with Crippen LogP contribution in [0.4, 0.5) is 17.1 Å². The Hall–Kier alpha value is -3.40. The van der Waals surface area contributed by atoms with E-state index in [1.54, 1.807) is 11.1 Å². The normalized spacial score (nSPS) is 17.6. The Morgan fingerprint density at radius 2 is 0.951 bits per heavy atom. The zero-order valence-corrected chi connectivity index (χ0v) is 25.8. The number of benzene rings is 6. The van der Waals surface area contributed by atoms with Crippen molar-refractivity contribution in [1.29, 1.82) is 0 Å². The first-order valence-electron chi connectivity index (χ1n) is 14.5. The fourth-order valence-electron chi connectivity index (χ4n) is 7.42. The zero-order valence-electron chi connectivity index (χ0n) is 22.7. The summed E-state index contributed by atoms with van der Waals surface area (Å²) >= 11 is 7.29. The van der Waals surface area contributed by atoms with Gasteiger partial charge >= 0.3 is 0 Å². The highest BCUT2D eigenvalue weighted by Gasteiger charge is 2.33. The van der Waals surface area contributed by atoms with E-state index in [0.29, 0.717) is 0 Å². The molecule has 0 heterocycles. The molecule has 0 aliphatic heterocycles. The van der Waals surface area contributed by atoms with E-state index >= 15 is 0 Å². The average Bonchev–Trinajstić information content (AvgIpc) is 3.03. The van der Waals surface area contributed by atoms with E-state index in [0.717, 1.165) is 32.2 Å². The molecule has 3 heteroatoms. The van der Waals surface area contributed by atoms with Crippen LogP contribution in [0.2, 0.25) is 0 Å². The predicted molar refractivity (Wildman–Crippen MR) is 181 cm³/mol. The lowest BCUT2D eigenvalue weighted by Gasteiger charge is -2.38. The number of nitrogens with zero attached hydrogens (tertiary/aromatic N) is 1. The van der Waals surface area contributed by atoms with Gasteiger partial charge in [0.2, 0.25) is 0 Å². The number of fused-ring (bicyclic) bond motifs is 4. The summed E-state index contributed by atoms with van der Waals surface area (Å²) in [5.74, 6) is 1.47. The number of hydrogen-bond acceptors (Lipinski definition) is 1. The Kier molecular flexibility index (Phi) is 6.27. The fraction of sp³-hybridized carbons (Fsp3) is 0.158. The van der Waals surface area contributed by atoms with Crippen molar-refractivity contribution in [1.82, 2.24) is 0 Å². The van der Waals surface area contributed by atoms with Crippen molar-refractivity contribution < 1.29 is 0 Å². The van der Waals surface area contributed by atoms with E-state index < -0.39 is 0 Å². The first kappa shape index (κ1) is 25.3. The molecule has 1 saturated carbocycles. The maximum Gasteiger partial charge on any atom is 0.0618 e. The van der Waals surface area contributed by atoms with Gasteiger partial charge < -0.3 is 4.90 Å². The second-order valence-electron chi connectivity index (χ2n) is 11.5. The van der Waals surface area contributed by atoms with E-state index in [1.165, 1.54) is 64.0 Å². The Bertz CT molecular complexity index is 1810. The van der Waals surface area contributed by atoms with Gasteiger partial charge in [-0.3, -0.25) is 0 Å². The molecular formula is C38H29Br2N. The largest absolute Gasteiger partial charge is 0.309 e. The summed E-state index contributed by atoms with van der Waals surface area (Å²) in [4.78, 5) is 2.42. The molecule has 2 bridgehead atoms. The summed E-state index contributed by atoms with van der Waals surface area (Å²) in [5, 5.41) is 5.10. The number of rotatable bonds is 4. The summed E-state index contributed by atoms with van der Waals surface area (Å²) in [6.07, 6.45) is 5.41. The standard InChI is InChI=1S/C38H29Br2N/c39-27-14-18-29(19-15-27)41(30-20-16-28(40)17-21-30)38-34-7-3-1-5-32(34)37(33-6-2-4-8-35(33)38)26-13-22-31-24-9-11-25(12-10-24)36(31)23-26/h1-8,13-25H,9-12H2. The lowest BCUT2D eigenvalue weighted by Crippen LogP contribution is -2.21. The van der Waals surface area contributed by atoms with E-state index in [2.05, 4.69) is 152 Å². The molecule has 3 aliphatic carbocycles. The van der Waals surface area contributed by atoms with Crippen LogP contribution < -0.4 is 4.90 Å². The van der Waals surface area contributed by atoms with Gasteiger partial charge in [0.25, 0.3) is 0 Å². The lowest BCUT2D eigenvalue weighted by atomic mass is 9.66. The summed E-state index contributed by atoms with van der Waals surface area (Å²) in [5.41, 5.74) is 9.37. The molecule has 0 N–H and O–H groups in total. The average molecular weight is 659 g/mol. The van der Waals surface area contributed by atoms with Crippen LogP contribution in [0.5, 0.6) is 0 Å². The molecule has 1 nitrogen and oxygen atoms in total. The van der Waals surface area contributed by atoms with Crippen molar-refractivity contribution in [3.05, 3.63) is 135 Å². The Morgan fingerprint density at radius 3 is 1.46 bits per heavy atom. The molecule has 0 aromatic heterocycles. The highest BCUT2D eigenvalue weighted by Crippen LogP contribution is 2.52. The third-order valence-electron chi connectivity index (χ3n) is 9.28. The molecule has 0 unspecified atom stereocenters. The molecule has 6 aromatic rings. The molecule has 6 aromatic carbocycles. The van der Waals surface area contributed by atoms with Gasteiger partial charge in [0.1, 0.15) is 0 Å². The molecular weight excluding hydrogens is 630 g/mol. The van der Waals surface area contributed by atoms with Crippen molar-refractivity contribution in [2.45, 2.75) is 37.5 Å². The van der Waals surface area contributed by atoms with Crippen LogP contribution in [-0.2, 0) is 0 Å². The van der Waals surface area contributed by atoms with Gasteiger partial charge in [-0.05, 0) is 119 Å². The van der Waals surface area contributed by atoms with E-state index in [9.17, 15) is 0 Å². The highest BCUT2D eigenvalue weighted by atomic mass is 79.9. The molecule has 0 atom stereocenters. The maximum atomic E-state index is 3.64. The topological polar surface area (TPSA) is 3.24 Å². The van der Waals surface area contributed by atoms with Crippen LogP contribution >= 0.6 is 31.9 Å². The molecule has 0 amide bonds. The Morgan fingerprint density at radius 1 is 0.488 bits per heavy atom. The van der Waals surface area contributed by atoms with Crippen LogP contribution in [0.3, 0.4) is 0 Å². The summed E-state index contributed by atoms with van der Waals surface area (Å²) in [7, 11) is 0. The molecule has 0 saturated heterocycles. The van der Waals surface area contributed by atoms with Gasteiger partial charge in [-0.1, -0.05) is 98.6 Å². The van der Waals surface area contributed by atoms with Gasteiger partial charge in [-0.25, -0.2) is 0 Å². The highest BCUT2D eigenvalue weighted by molar-refractivity contribution is 9.10. The molecule has 200 valence electrons. The van der Waals surface area contributed by atoms with Crippen LogP contribution in [0.1, 0.15) is 48.6 Å². The summed E-state index contributed by atoms with van der Waals surface area (Å²) in [6.45, 7) is 0. The molecule has 0 radical (unpaired) electrons. The second-order valence-corrected chi connectivity index (χ2v) is 13.3. The van der Waals surface area contributed by atoms with Gasteiger partial charge in [0.05, 0.1) is 5.69 Å². The minimum Gasteiger partial charge on any atom is -0.309 e. The Balaban J connectivity index is 1.44.